The highest BCUT2D eigenvalue weighted by Crippen LogP contribution is 2.14. The molecule has 1 fully saturated rings. The lowest BCUT2D eigenvalue weighted by Crippen LogP contribution is -2.42. The van der Waals surface area contributed by atoms with Crippen LogP contribution in [0.5, 0.6) is 0 Å². The number of nitrogens with one attached hydrogen (secondary N) is 2. The van der Waals surface area contributed by atoms with E-state index in [0.717, 1.165) is 31.5 Å². The maximum absolute atomic E-state index is 4.74. The van der Waals surface area contributed by atoms with Gasteiger partial charge in [-0.15, -0.1) is 24.0 Å². The third kappa shape index (κ3) is 8.86. The van der Waals surface area contributed by atoms with E-state index >= 15 is 0 Å². The zero-order valence-electron chi connectivity index (χ0n) is 14.3. The zero-order chi connectivity index (χ0) is 14.8. The Balaban J connectivity index is 0.00000400. The molecule has 0 spiro atoms. The quantitative estimate of drug-likeness (QED) is 0.385. The largest absolute Gasteiger partial charge is 0.357 e. The number of guanidine groups is 1. The average Bonchev–Trinajstić information content (AvgIpc) is 2.47. The molecule has 0 saturated carbocycles. The summed E-state index contributed by atoms with van der Waals surface area (Å²) in [6.07, 6.45) is 5.04. The molecule has 1 aliphatic rings. The van der Waals surface area contributed by atoms with E-state index in [-0.39, 0.29) is 24.0 Å². The summed E-state index contributed by atoms with van der Waals surface area (Å²) in [6, 6.07) is 0. The van der Waals surface area contributed by atoms with Crippen molar-refractivity contribution in [2.45, 2.75) is 46.5 Å². The average molecular weight is 410 g/mol. The van der Waals surface area contributed by atoms with Crippen LogP contribution in [0.3, 0.4) is 0 Å². The van der Waals surface area contributed by atoms with Crippen molar-refractivity contribution in [3.63, 3.8) is 0 Å². The second-order valence-electron chi connectivity index (χ2n) is 6.03. The molecule has 126 valence electrons. The van der Waals surface area contributed by atoms with E-state index in [1.54, 1.807) is 0 Å². The van der Waals surface area contributed by atoms with E-state index in [2.05, 4.69) is 43.4 Å². The van der Waals surface area contributed by atoms with Crippen LogP contribution in [0.25, 0.3) is 0 Å². The van der Waals surface area contributed by atoms with Crippen LogP contribution in [0, 0.1) is 11.8 Å². The van der Waals surface area contributed by atoms with Crippen molar-refractivity contribution in [3.05, 3.63) is 0 Å². The second-order valence-corrected chi connectivity index (χ2v) is 6.03. The van der Waals surface area contributed by atoms with Gasteiger partial charge in [-0.1, -0.05) is 26.7 Å². The minimum Gasteiger partial charge on any atom is -0.357 e. The Bertz CT molecular complexity index is 271. The Labute approximate surface area is 148 Å². The molecular formula is C16H35IN4. The van der Waals surface area contributed by atoms with Crippen LogP contribution in [0.2, 0.25) is 0 Å². The molecule has 1 rings (SSSR count). The Morgan fingerprint density at radius 2 is 1.76 bits per heavy atom. The monoisotopic (exact) mass is 410 g/mol. The van der Waals surface area contributed by atoms with Gasteiger partial charge in [0.1, 0.15) is 0 Å². The molecule has 1 saturated heterocycles. The summed E-state index contributed by atoms with van der Waals surface area (Å²) < 4.78 is 0. The second kappa shape index (κ2) is 12.5. The summed E-state index contributed by atoms with van der Waals surface area (Å²) in [5.74, 6) is 2.51. The number of nitrogens with zero attached hydrogens (tertiary/aromatic N) is 2. The van der Waals surface area contributed by atoms with Crippen LogP contribution in [0.15, 0.2) is 4.99 Å². The van der Waals surface area contributed by atoms with Gasteiger partial charge in [-0.3, -0.25) is 4.99 Å². The fourth-order valence-corrected chi connectivity index (χ4v) is 2.62. The van der Waals surface area contributed by atoms with E-state index in [0.29, 0.717) is 5.92 Å². The minimum atomic E-state index is 0. The third-order valence-electron chi connectivity index (χ3n) is 4.40. The van der Waals surface area contributed by atoms with Crippen molar-refractivity contribution >= 4 is 29.9 Å². The molecular weight excluding hydrogens is 375 g/mol. The van der Waals surface area contributed by atoms with Gasteiger partial charge in [0.05, 0.1) is 0 Å². The number of likely N-dealkylation sites (tertiary alicyclic amines) is 1. The molecule has 21 heavy (non-hydrogen) atoms. The first-order valence-corrected chi connectivity index (χ1v) is 8.40. The van der Waals surface area contributed by atoms with E-state index in [1.165, 1.54) is 38.8 Å². The number of halogens is 1. The van der Waals surface area contributed by atoms with Gasteiger partial charge in [-0.05, 0) is 51.7 Å². The summed E-state index contributed by atoms with van der Waals surface area (Å²) >= 11 is 0. The molecule has 2 N–H and O–H groups in total. The van der Waals surface area contributed by atoms with E-state index in [1.807, 2.05) is 0 Å². The highest BCUT2D eigenvalue weighted by atomic mass is 127. The van der Waals surface area contributed by atoms with Crippen LogP contribution < -0.4 is 10.6 Å². The van der Waals surface area contributed by atoms with Crippen molar-refractivity contribution in [3.8, 4) is 0 Å². The van der Waals surface area contributed by atoms with Gasteiger partial charge < -0.3 is 15.5 Å². The highest BCUT2D eigenvalue weighted by Gasteiger charge is 2.16. The van der Waals surface area contributed by atoms with Gasteiger partial charge in [0.2, 0.25) is 0 Å². The smallest absolute Gasteiger partial charge is 0.191 e. The van der Waals surface area contributed by atoms with Crippen LogP contribution in [0.4, 0.5) is 0 Å². The van der Waals surface area contributed by atoms with Gasteiger partial charge in [-0.25, -0.2) is 0 Å². The van der Waals surface area contributed by atoms with Crippen LogP contribution >= 0.6 is 24.0 Å². The first kappa shape index (κ1) is 21.0. The standard InChI is InChI=1S/C16H34N4.HI/c1-5-14(6-2)12-18-16(17-7-3)19-13-15-8-10-20(4)11-9-15;/h14-15H,5-13H2,1-4H3,(H2,17,18,19);1H. The fraction of sp³-hybridized carbons (Fsp3) is 0.938. The molecule has 0 atom stereocenters. The normalized spacial score (nSPS) is 17.7. The minimum absolute atomic E-state index is 0. The number of piperidine rings is 1. The molecule has 4 nitrogen and oxygen atoms in total. The lowest BCUT2D eigenvalue weighted by molar-refractivity contribution is 0.220. The molecule has 0 aliphatic carbocycles. The molecule has 0 aromatic carbocycles. The number of hydrogen-bond acceptors (Lipinski definition) is 2. The van der Waals surface area contributed by atoms with Crippen molar-refractivity contribution in [1.82, 2.24) is 15.5 Å². The molecule has 0 unspecified atom stereocenters. The first-order valence-electron chi connectivity index (χ1n) is 8.40. The molecule has 1 aliphatic heterocycles. The molecule has 5 heteroatoms. The van der Waals surface area contributed by atoms with Gasteiger partial charge in [0, 0.05) is 19.6 Å². The maximum Gasteiger partial charge on any atom is 0.191 e. The number of aliphatic imine (C=N–C) groups is 1. The fourth-order valence-electron chi connectivity index (χ4n) is 2.62. The van der Waals surface area contributed by atoms with Crippen molar-refractivity contribution < 1.29 is 0 Å². The molecule has 0 radical (unpaired) electrons. The number of rotatable bonds is 7. The van der Waals surface area contributed by atoms with E-state index in [4.69, 9.17) is 4.99 Å². The lowest BCUT2D eigenvalue weighted by Gasteiger charge is -2.29. The number of hydrogen-bond donors (Lipinski definition) is 2. The van der Waals surface area contributed by atoms with Crippen LogP contribution in [-0.2, 0) is 0 Å². The van der Waals surface area contributed by atoms with E-state index < -0.39 is 0 Å². The Kier molecular flexibility index (Phi) is 12.5. The maximum atomic E-state index is 4.74. The summed E-state index contributed by atoms with van der Waals surface area (Å²) in [5.41, 5.74) is 0. The van der Waals surface area contributed by atoms with Gasteiger partial charge in [0.15, 0.2) is 5.96 Å². The summed E-state index contributed by atoms with van der Waals surface area (Å²) in [6.45, 7) is 12.0. The van der Waals surface area contributed by atoms with Crippen LogP contribution in [0.1, 0.15) is 46.5 Å². The predicted molar refractivity (Wildman–Crippen MR) is 104 cm³/mol. The highest BCUT2D eigenvalue weighted by molar-refractivity contribution is 14.0. The topological polar surface area (TPSA) is 39.7 Å². The zero-order valence-corrected chi connectivity index (χ0v) is 16.7. The van der Waals surface area contributed by atoms with Crippen LogP contribution in [-0.4, -0.2) is 50.6 Å². The SMILES string of the molecule is CCNC(=NCC(CC)CC)NCC1CCN(C)CC1.I. The van der Waals surface area contributed by atoms with Gasteiger partial charge in [0.25, 0.3) is 0 Å². The Hall–Kier alpha value is -0.0400. The van der Waals surface area contributed by atoms with Gasteiger partial charge in [-0.2, -0.15) is 0 Å². The predicted octanol–water partition coefficient (Wildman–Crippen LogP) is 2.94. The molecule has 1 heterocycles. The molecule has 0 amide bonds. The first-order chi connectivity index (χ1) is 9.69. The van der Waals surface area contributed by atoms with Crippen molar-refractivity contribution in [1.29, 1.82) is 0 Å². The van der Waals surface area contributed by atoms with Crippen molar-refractivity contribution in [2.24, 2.45) is 16.8 Å². The summed E-state index contributed by atoms with van der Waals surface area (Å²) in [5, 5.41) is 6.89. The lowest BCUT2D eigenvalue weighted by atomic mass is 9.97. The van der Waals surface area contributed by atoms with Gasteiger partial charge >= 0.3 is 0 Å². The third-order valence-corrected chi connectivity index (χ3v) is 4.40. The van der Waals surface area contributed by atoms with Crippen molar-refractivity contribution in [2.75, 3.05) is 39.8 Å². The molecule has 0 bridgehead atoms. The molecule has 0 aromatic heterocycles. The summed E-state index contributed by atoms with van der Waals surface area (Å²) in [7, 11) is 2.21. The van der Waals surface area contributed by atoms with E-state index in [9.17, 15) is 0 Å². The Morgan fingerprint density at radius 3 is 2.29 bits per heavy atom. The summed E-state index contributed by atoms with van der Waals surface area (Å²) in [4.78, 5) is 7.16. The molecule has 0 aromatic rings. The Morgan fingerprint density at radius 1 is 1.14 bits per heavy atom.